The summed E-state index contributed by atoms with van der Waals surface area (Å²) < 4.78 is 18.3. The molecule has 0 N–H and O–H groups in total. The van der Waals surface area contributed by atoms with Crippen LogP contribution in [0.2, 0.25) is 0 Å². The molecule has 0 spiro atoms. The van der Waals surface area contributed by atoms with Crippen LogP contribution in [0.3, 0.4) is 0 Å². The molecule has 0 fully saturated rings. The fourth-order valence-electron chi connectivity index (χ4n) is 1.53. The first-order valence-corrected chi connectivity index (χ1v) is 5.34. The topological polar surface area (TPSA) is 51.8 Å². The first-order valence-electron chi connectivity index (χ1n) is 5.34. The Morgan fingerprint density at radius 3 is 2.39 bits per heavy atom. The quantitative estimate of drug-likeness (QED) is 0.692. The van der Waals surface area contributed by atoms with Crippen LogP contribution in [-0.2, 0) is 0 Å². The maximum absolute atomic E-state index is 12.8. The number of pyridine rings is 1. The Hall–Kier alpha value is -2.56. The number of nitrogens with zero attached hydrogens (tertiary/aromatic N) is 3. The van der Waals surface area contributed by atoms with Gasteiger partial charge in [-0.15, -0.1) is 10.2 Å². The van der Waals surface area contributed by atoms with E-state index in [0.29, 0.717) is 23.0 Å². The number of hydrogen-bond donors (Lipinski definition) is 0. The van der Waals surface area contributed by atoms with E-state index in [0.717, 1.165) is 0 Å². The molecule has 3 rings (SSSR count). The van der Waals surface area contributed by atoms with Crippen LogP contribution in [0.25, 0.3) is 23.0 Å². The van der Waals surface area contributed by atoms with E-state index >= 15 is 0 Å². The lowest BCUT2D eigenvalue weighted by Gasteiger charge is -1.94. The molecule has 0 amide bonds. The molecule has 0 aliphatic heterocycles. The van der Waals surface area contributed by atoms with Gasteiger partial charge in [0.1, 0.15) is 11.5 Å². The van der Waals surface area contributed by atoms with E-state index in [2.05, 4.69) is 15.2 Å². The average Bonchev–Trinajstić information content (AvgIpc) is 2.90. The summed E-state index contributed by atoms with van der Waals surface area (Å²) in [4.78, 5) is 4.11. The van der Waals surface area contributed by atoms with Crippen LogP contribution >= 0.6 is 0 Å². The summed E-state index contributed by atoms with van der Waals surface area (Å²) >= 11 is 0. The van der Waals surface area contributed by atoms with E-state index in [1.807, 2.05) is 6.07 Å². The lowest BCUT2D eigenvalue weighted by atomic mass is 10.2. The van der Waals surface area contributed by atoms with Gasteiger partial charge in [-0.05, 0) is 36.4 Å². The van der Waals surface area contributed by atoms with Crippen molar-refractivity contribution in [3.63, 3.8) is 0 Å². The van der Waals surface area contributed by atoms with Gasteiger partial charge in [-0.2, -0.15) is 0 Å². The molecule has 0 aliphatic carbocycles. The molecular formula is C13H8FN3O. The Kier molecular flexibility index (Phi) is 2.57. The van der Waals surface area contributed by atoms with Crippen LogP contribution < -0.4 is 0 Å². The molecule has 2 heterocycles. The van der Waals surface area contributed by atoms with Gasteiger partial charge in [-0.3, -0.25) is 4.98 Å². The molecule has 3 aromatic rings. The maximum atomic E-state index is 12.8. The first-order chi connectivity index (χ1) is 8.83. The number of aromatic nitrogens is 3. The van der Waals surface area contributed by atoms with Gasteiger partial charge in [0.2, 0.25) is 5.89 Å². The van der Waals surface area contributed by atoms with Crippen molar-refractivity contribution in [3.05, 3.63) is 54.5 Å². The van der Waals surface area contributed by atoms with Gasteiger partial charge in [-0.1, -0.05) is 6.07 Å². The second kappa shape index (κ2) is 4.37. The largest absolute Gasteiger partial charge is 0.415 e. The smallest absolute Gasteiger partial charge is 0.266 e. The molecule has 0 unspecified atom stereocenters. The zero-order valence-corrected chi connectivity index (χ0v) is 9.25. The summed E-state index contributed by atoms with van der Waals surface area (Å²) in [7, 11) is 0. The molecule has 0 radical (unpaired) electrons. The van der Waals surface area contributed by atoms with Crippen LogP contribution in [0.15, 0.2) is 53.1 Å². The number of hydrogen-bond acceptors (Lipinski definition) is 4. The summed E-state index contributed by atoms with van der Waals surface area (Å²) in [6.07, 6.45) is 1.65. The molecule has 88 valence electrons. The summed E-state index contributed by atoms with van der Waals surface area (Å²) in [5.74, 6) is 0.383. The molecule has 0 saturated carbocycles. The van der Waals surface area contributed by atoms with Crippen molar-refractivity contribution < 1.29 is 8.81 Å². The van der Waals surface area contributed by atoms with E-state index in [9.17, 15) is 4.39 Å². The van der Waals surface area contributed by atoms with Crippen LogP contribution in [0.5, 0.6) is 0 Å². The van der Waals surface area contributed by atoms with Crippen LogP contribution in [-0.4, -0.2) is 15.2 Å². The second-order valence-electron chi connectivity index (χ2n) is 3.63. The summed E-state index contributed by atoms with van der Waals surface area (Å²) in [6, 6.07) is 11.3. The molecule has 4 nitrogen and oxygen atoms in total. The standard InChI is InChI=1S/C13H8FN3O/c14-10-6-4-9(5-7-10)12-16-17-13(18-12)11-3-1-2-8-15-11/h1-8H. The Morgan fingerprint density at radius 1 is 0.889 bits per heavy atom. The molecule has 0 atom stereocenters. The van der Waals surface area contributed by atoms with Gasteiger partial charge >= 0.3 is 0 Å². The number of rotatable bonds is 2. The fraction of sp³-hybridized carbons (Fsp3) is 0. The average molecular weight is 241 g/mol. The van der Waals surface area contributed by atoms with E-state index < -0.39 is 0 Å². The van der Waals surface area contributed by atoms with Crippen LogP contribution in [0.4, 0.5) is 4.39 Å². The molecule has 5 heteroatoms. The van der Waals surface area contributed by atoms with Gasteiger partial charge in [0.25, 0.3) is 5.89 Å². The molecular weight excluding hydrogens is 233 g/mol. The van der Waals surface area contributed by atoms with Gasteiger partial charge < -0.3 is 4.42 Å². The Morgan fingerprint density at radius 2 is 1.67 bits per heavy atom. The minimum atomic E-state index is -0.303. The van der Waals surface area contributed by atoms with Gasteiger partial charge in [-0.25, -0.2) is 4.39 Å². The third kappa shape index (κ3) is 1.98. The molecule has 1 aromatic carbocycles. The van der Waals surface area contributed by atoms with Gasteiger partial charge in [0, 0.05) is 11.8 Å². The SMILES string of the molecule is Fc1ccc(-c2nnc(-c3ccccn3)o2)cc1. The molecule has 18 heavy (non-hydrogen) atoms. The maximum Gasteiger partial charge on any atom is 0.266 e. The Labute approximate surface area is 102 Å². The number of halogens is 1. The van der Waals surface area contributed by atoms with E-state index in [1.54, 1.807) is 30.5 Å². The number of benzene rings is 1. The predicted molar refractivity (Wildman–Crippen MR) is 62.9 cm³/mol. The fourth-order valence-corrected chi connectivity index (χ4v) is 1.53. The lowest BCUT2D eigenvalue weighted by molar-refractivity contribution is 0.581. The third-order valence-corrected chi connectivity index (χ3v) is 2.40. The zero-order chi connectivity index (χ0) is 12.4. The van der Waals surface area contributed by atoms with Crippen molar-refractivity contribution in [2.24, 2.45) is 0 Å². The first kappa shape index (κ1) is 10.6. The van der Waals surface area contributed by atoms with Crippen LogP contribution in [0, 0.1) is 5.82 Å². The summed E-state index contributed by atoms with van der Waals surface area (Å²) in [5.41, 5.74) is 1.28. The second-order valence-corrected chi connectivity index (χ2v) is 3.63. The minimum absolute atomic E-state index is 0.303. The van der Waals surface area contributed by atoms with Crippen molar-refractivity contribution in [2.45, 2.75) is 0 Å². The van der Waals surface area contributed by atoms with E-state index in [1.165, 1.54) is 12.1 Å². The van der Waals surface area contributed by atoms with Crippen LogP contribution in [0.1, 0.15) is 0 Å². The predicted octanol–water partition coefficient (Wildman–Crippen LogP) is 2.94. The Balaban J connectivity index is 1.97. The summed E-state index contributed by atoms with van der Waals surface area (Å²) in [6.45, 7) is 0. The lowest BCUT2D eigenvalue weighted by Crippen LogP contribution is -1.80. The van der Waals surface area contributed by atoms with Gasteiger partial charge in [0.15, 0.2) is 0 Å². The highest BCUT2D eigenvalue weighted by Crippen LogP contribution is 2.22. The molecule has 0 aliphatic rings. The summed E-state index contributed by atoms with van der Waals surface area (Å²) in [5, 5.41) is 7.83. The molecule has 0 saturated heterocycles. The van der Waals surface area contributed by atoms with Crippen molar-refractivity contribution in [3.8, 4) is 23.0 Å². The highest BCUT2D eigenvalue weighted by Gasteiger charge is 2.10. The minimum Gasteiger partial charge on any atom is -0.415 e. The van der Waals surface area contributed by atoms with Crippen molar-refractivity contribution in [1.29, 1.82) is 0 Å². The molecule has 0 bridgehead atoms. The highest BCUT2D eigenvalue weighted by atomic mass is 19.1. The monoisotopic (exact) mass is 241 g/mol. The molecule has 2 aromatic heterocycles. The van der Waals surface area contributed by atoms with Crippen molar-refractivity contribution >= 4 is 0 Å². The van der Waals surface area contributed by atoms with Crippen molar-refractivity contribution in [2.75, 3.05) is 0 Å². The normalized spacial score (nSPS) is 10.5. The third-order valence-electron chi connectivity index (χ3n) is 2.40. The highest BCUT2D eigenvalue weighted by molar-refractivity contribution is 5.55. The van der Waals surface area contributed by atoms with E-state index in [4.69, 9.17) is 4.42 Å². The van der Waals surface area contributed by atoms with E-state index in [-0.39, 0.29) is 5.82 Å². The zero-order valence-electron chi connectivity index (χ0n) is 9.25. The Bertz CT molecular complexity index is 650. The van der Waals surface area contributed by atoms with Crippen molar-refractivity contribution in [1.82, 2.24) is 15.2 Å². The van der Waals surface area contributed by atoms with Gasteiger partial charge in [0.05, 0.1) is 0 Å².